The highest BCUT2D eigenvalue weighted by Gasteiger charge is 2.37. The molecule has 1 unspecified atom stereocenters. The third kappa shape index (κ3) is 3.70. The molecule has 4 nitrogen and oxygen atoms in total. The summed E-state index contributed by atoms with van der Waals surface area (Å²) in [5.41, 5.74) is 0.0849. The summed E-state index contributed by atoms with van der Waals surface area (Å²) in [6.45, 7) is 4.22. The maximum absolute atomic E-state index is 13.3. The molecule has 7 heteroatoms. The number of nitrogens with zero attached hydrogens (tertiary/aromatic N) is 3. The number of nitrogens with one attached hydrogen (secondary N) is 1. The van der Waals surface area contributed by atoms with Crippen LogP contribution in [0.4, 0.5) is 18.9 Å². The predicted molar refractivity (Wildman–Crippen MR) is 97.9 cm³/mol. The zero-order chi connectivity index (χ0) is 19.8. The highest BCUT2D eigenvalue weighted by molar-refractivity contribution is 5.64. The van der Waals surface area contributed by atoms with Crippen LogP contribution in [0.25, 0.3) is 5.57 Å². The van der Waals surface area contributed by atoms with Gasteiger partial charge < -0.3 is 9.88 Å². The Kier molecular flexibility index (Phi) is 4.77. The molecule has 27 heavy (non-hydrogen) atoms. The lowest BCUT2D eigenvalue weighted by Gasteiger charge is -2.43. The van der Waals surface area contributed by atoms with Crippen LogP contribution in [0.15, 0.2) is 36.7 Å². The van der Waals surface area contributed by atoms with E-state index in [0.29, 0.717) is 5.69 Å². The van der Waals surface area contributed by atoms with Gasteiger partial charge in [-0.2, -0.15) is 18.4 Å². The number of hydrogen-bond acceptors (Lipinski definition) is 3. The number of imidazole rings is 1. The molecule has 142 valence electrons. The smallest absolute Gasteiger partial charge is 0.368 e. The summed E-state index contributed by atoms with van der Waals surface area (Å²) in [4.78, 5) is 9.24. The number of anilines is 1. The molecule has 0 fully saturated rings. The summed E-state index contributed by atoms with van der Waals surface area (Å²) in [5.74, 6) is 0.791. The highest BCUT2D eigenvalue weighted by atomic mass is 19.4. The molecular formula is C20H21F3N4. The number of likely N-dealkylation sites (N-methyl/N-ethyl adjacent to an activating group) is 1. The molecule has 1 atom stereocenters. The van der Waals surface area contributed by atoms with Gasteiger partial charge in [0, 0.05) is 25.1 Å². The van der Waals surface area contributed by atoms with Gasteiger partial charge in [0.2, 0.25) is 0 Å². The van der Waals surface area contributed by atoms with Crippen LogP contribution in [0.5, 0.6) is 0 Å². The number of H-pyrrole nitrogens is 1. The first-order chi connectivity index (χ1) is 12.6. The first-order valence-electron chi connectivity index (χ1n) is 8.68. The lowest BCUT2D eigenvalue weighted by molar-refractivity contribution is -0.137. The fourth-order valence-electron chi connectivity index (χ4n) is 3.62. The number of rotatable bonds is 3. The molecule has 0 aliphatic heterocycles. The molecule has 0 spiro atoms. The molecule has 0 saturated carbocycles. The van der Waals surface area contributed by atoms with E-state index in [1.807, 2.05) is 4.90 Å². The van der Waals surface area contributed by atoms with Crippen LogP contribution < -0.4 is 4.90 Å². The average molecular weight is 374 g/mol. The molecule has 1 aliphatic carbocycles. The van der Waals surface area contributed by atoms with E-state index in [9.17, 15) is 13.2 Å². The number of aromatic amines is 1. The minimum absolute atomic E-state index is 0.111. The van der Waals surface area contributed by atoms with Crippen molar-refractivity contribution in [2.45, 2.75) is 38.9 Å². The normalized spacial score (nSPS) is 19.3. The van der Waals surface area contributed by atoms with E-state index in [1.54, 1.807) is 31.6 Å². The molecule has 1 N–H and O–H groups in total. The van der Waals surface area contributed by atoms with Crippen LogP contribution in [-0.2, 0) is 6.18 Å². The first-order valence-corrected chi connectivity index (χ1v) is 8.68. The molecule has 0 bridgehead atoms. The van der Waals surface area contributed by atoms with Crippen LogP contribution in [0.2, 0.25) is 0 Å². The van der Waals surface area contributed by atoms with Crippen molar-refractivity contribution in [1.29, 1.82) is 5.26 Å². The number of benzene rings is 1. The van der Waals surface area contributed by atoms with Gasteiger partial charge in [-0.3, -0.25) is 0 Å². The SMILES string of the molecule is CN(c1ccc(C#N)c(C(F)(F)F)c1)C1C=C(c2ncc[nH]2)CCC1(C)C. The van der Waals surface area contributed by atoms with Crippen molar-refractivity contribution < 1.29 is 13.2 Å². The molecule has 1 aromatic heterocycles. The van der Waals surface area contributed by atoms with E-state index in [4.69, 9.17) is 5.26 Å². The molecule has 0 saturated heterocycles. The Bertz CT molecular complexity index is 889. The average Bonchev–Trinajstić information content (AvgIpc) is 3.14. The van der Waals surface area contributed by atoms with Crippen LogP contribution in [0.1, 0.15) is 43.6 Å². The second kappa shape index (κ2) is 6.76. The second-order valence-electron chi connectivity index (χ2n) is 7.51. The largest absolute Gasteiger partial charge is 0.417 e. The molecule has 2 aromatic rings. The van der Waals surface area contributed by atoms with E-state index < -0.39 is 11.7 Å². The lowest BCUT2D eigenvalue weighted by Crippen LogP contribution is -2.44. The fraction of sp³-hybridized carbons (Fsp3) is 0.400. The predicted octanol–water partition coefficient (Wildman–Crippen LogP) is 5.01. The van der Waals surface area contributed by atoms with E-state index >= 15 is 0 Å². The van der Waals surface area contributed by atoms with Gasteiger partial charge in [-0.25, -0.2) is 4.98 Å². The zero-order valence-electron chi connectivity index (χ0n) is 15.4. The maximum atomic E-state index is 13.3. The van der Waals surface area contributed by atoms with Crippen LogP contribution in [-0.4, -0.2) is 23.1 Å². The van der Waals surface area contributed by atoms with E-state index in [2.05, 4.69) is 29.9 Å². The Morgan fingerprint density at radius 3 is 2.67 bits per heavy atom. The fourth-order valence-corrected chi connectivity index (χ4v) is 3.62. The molecular weight excluding hydrogens is 353 g/mol. The molecule has 0 amide bonds. The summed E-state index contributed by atoms with van der Waals surface area (Å²) in [6.07, 6.45) is 2.69. The van der Waals surface area contributed by atoms with Crippen molar-refractivity contribution in [2.75, 3.05) is 11.9 Å². The lowest BCUT2D eigenvalue weighted by atomic mass is 9.73. The van der Waals surface area contributed by atoms with Crippen molar-refractivity contribution in [2.24, 2.45) is 5.41 Å². The van der Waals surface area contributed by atoms with Crippen LogP contribution >= 0.6 is 0 Å². The van der Waals surface area contributed by atoms with E-state index in [0.717, 1.165) is 30.3 Å². The van der Waals surface area contributed by atoms with Gasteiger partial charge in [0.25, 0.3) is 0 Å². The van der Waals surface area contributed by atoms with Crippen molar-refractivity contribution in [3.8, 4) is 6.07 Å². The Morgan fingerprint density at radius 1 is 1.33 bits per heavy atom. The minimum atomic E-state index is -4.57. The number of halogens is 3. The molecule has 3 rings (SSSR count). The topological polar surface area (TPSA) is 55.7 Å². The molecule has 1 aromatic carbocycles. The van der Waals surface area contributed by atoms with Gasteiger partial charge in [0.1, 0.15) is 5.82 Å². The van der Waals surface area contributed by atoms with Gasteiger partial charge in [-0.15, -0.1) is 0 Å². The summed E-state index contributed by atoms with van der Waals surface area (Å²) < 4.78 is 40.0. The molecule has 0 radical (unpaired) electrons. The van der Waals surface area contributed by atoms with Gasteiger partial charge in [0.15, 0.2) is 0 Å². The van der Waals surface area contributed by atoms with Crippen molar-refractivity contribution >= 4 is 11.3 Å². The first kappa shape index (κ1) is 19.0. The van der Waals surface area contributed by atoms with E-state index in [-0.39, 0.29) is 17.0 Å². The Balaban J connectivity index is 2.02. The number of aromatic nitrogens is 2. The summed E-state index contributed by atoms with van der Waals surface area (Å²) in [7, 11) is 1.79. The number of hydrogen-bond donors (Lipinski definition) is 1. The molecule has 1 aliphatic rings. The Morgan fingerprint density at radius 2 is 2.07 bits per heavy atom. The van der Waals surface area contributed by atoms with Gasteiger partial charge >= 0.3 is 6.18 Å². The third-order valence-electron chi connectivity index (χ3n) is 5.25. The summed E-state index contributed by atoms with van der Waals surface area (Å²) >= 11 is 0. The van der Waals surface area contributed by atoms with Gasteiger partial charge in [0.05, 0.1) is 23.2 Å². The van der Waals surface area contributed by atoms with Crippen molar-refractivity contribution in [3.05, 3.63) is 53.6 Å². The Labute approximate surface area is 156 Å². The monoisotopic (exact) mass is 374 g/mol. The standard InChI is InChI=1S/C20H21F3N4/c1-19(2)7-6-13(18-25-8-9-26-18)10-17(19)27(3)15-5-4-14(12-24)16(11-15)20(21,22)23/h4-5,8-11,17H,6-7H2,1-3H3,(H,25,26). The van der Waals surface area contributed by atoms with Gasteiger partial charge in [-0.05, 0) is 42.0 Å². The number of nitriles is 1. The Hall–Kier alpha value is -2.75. The van der Waals surface area contributed by atoms with Crippen molar-refractivity contribution in [1.82, 2.24) is 9.97 Å². The number of alkyl halides is 3. The van der Waals surface area contributed by atoms with Crippen molar-refractivity contribution in [3.63, 3.8) is 0 Å². The maximum Gasteiger partial charge on any atom is 0.417 e. The third-order valence-corrected chi connectivity index (χ3v) is 5.25. The molecule has 1 heterocycles. The summed E-state index contributed by atoms with van der Waals surface area (Å²) in [5, 5.41) is 9.00. The minimum Gasteiger partial charge on any atom is -0.368 e. The van der Waals surface area contributed by atoms with E-state index in [1.165, 1.54) is 6.07 Å². The second-order valence-corrected chi connectivity index (χ2v) is 7.51. The highest BCUT2D eigenvalue weighted by Crippen LogP contribution is 2.42. The van der Waals surface area contributed by atoms with Crippen LogP contribution in [0, 0.1) is 16.7 Å². The quantitative estimate of drug-likeness (QED) is 0.822. The van der Waals surface area contributed by atoms with Gasteiger partial charge in [-0.1, -0.05) is 19.9 Å². The number of allylic oxidation sites excluding steroid dienone is 1. The zero-order valence-corrected chi connectivity index (χ0v) is 15.4. The van der Waals surface area contributed by atoms with Crippen LogP contribution in [0.3, 0.4) is 0 Å². The summed E-state index contributed by atoms with van der Waals surface area (Å²) in [6, 6.07) is 5.38.